The molecule has 0 aliphatic heterocycles. The number of thioether (sulfide) groups is 1. The summed E-state index contributed by atoms with van der Waals surface area (Å²) in [4.78, 5) is 4.57. The Morgan fingerprint density at radius 2 is 2.30 bits per heavy atom. The molecule has 0 N–H and O–H groups in total. The van der Waals surface area contributed by atoms with E-state index in [4.69, 9.17) is 16.9 Å². The van der Waals surface area contributed by atoms with Crippen molar-refractivity contribution < 1.29 is 0 Å². The van der Waals surface area contributed by atoms with Crippen LogP contribution in [0.4, 0.5) is 0 Å². The zero-order valence-corrected chi connectivity index (χ0v) is 13.3. The Labute approximate surface area is 128 Å². The fourth-order valence-electron chi connectivity index (χ4n) is 2.33. The molecule has 3 nitrogen and oxygen atoms in total. The van der Waals surface area contributed by atoms with Gasteiger partial charge in [0.25, 0.3) is 0 Å². The molecule has 0 saturated carbocycles. The topological polar surface area (TPSA) is 41.6 Å². The van der Waals surface area contributed by atoms with Crippen molar-refractivity contribution in [3.63, 3.8) is 0 Å². The highest BCUT2D eigenvalue weighted by atomic mass is 35.5. The second kappa shape index (κ2) is 7.01. The molecule has 0 spiro atoms. The first-order valence-corrected chi connectivity index (χ1v) is 8.44. The first-order valence-electron chi connectivity index (χ1n) is 6.76. The lowest BCUT2D eigenvalue weighted by Gasteiger charge is -2.16. The van der Waals surface area contributed by atoms with Crippen molar-refractivity contribution in [2.75, 3.05) is 11.5 Å². The monoisotopic (exact) mass is 307 g/mol. The molecule has 0 amide bonds. The summed E-state index contributed by atoms with van der Waals surface area (Å²) in [7, 11) is 0. The van der Waals surface area contributed by atoms with E-state index in [1.165, 1.54) is 0 Å². The van der Waals surface area contributed by atoms with Crippen molar-refractivity contribution >= 4 is 34.4 Å². The Morgan fingerprint density at radius 1 is 1.50 bits per heavy atom. The van der Waals surface area contributed by atoms with Gasteiger partial charge in [0.05, 0.1) is 28.5 Å². The van der Waals surface area contributed by atoms with Gasteiger partial charge in [0.1, 0.15) is 5.82 Å². The number of hydrogen-bond donors (Lipinski definition) is 0. The lowest BCUT2D eigenvalue weighted by atomic mass is 10.2. The van der Waals surface area contributed by atoms with Crippen LogP contribution in [0.5, 0.6) is 0 Å². The average Bonchev–Trinajstić information content (AvgIpc) is 2.84. The van der Waals surface area contributed by atoms with E-state index >= 15 is 0 Å². The largest absolute Gasteiger partial charge is 0.324 e. The average molecular weight is 308 g/mol. The molecule has 20 heavy (non-hydrogen) atoms. The van der Waals surface area contributed by atoms with E-state index in [0.29, 0.717) is 17.5 Å². The summed E-state index contributed by atoms with van der Waals surface area (Å²) in [6.07, 6.45) is 1.07. The van der Waals surface area contributed by atoms with E-state index in [0.717, 1.165) is 34.8 Å². The van der Waals surface area contributed by atoms with Crippen molar-refractivity contribution in [1.29, 1.82) is 5.26 Å². The minimum absolute atomic E-state index is 0.335. The molecule has 5 heteroatoms. The lowest BCUT2D eigenvalue weighted by Crippen LogP contribution is -2.09. The highest BCUT2D eigenvalue weighted by Crippen LogP contribution is 2.26. The van der Waals surface area contributed by atoms with Gasteiger partial charge in [-0.3, -0.25) is 0 Å². The molecule has 1 heterocycles. The predicted molar refractivity (Wildman–Crippen MR) is 86.3 cm³/mol. The van der Waals surface area contributed by atoms with Gasteiger partial charge in [-0.25, -0.2) is 4.98 Å². The van der Waals surface area contributed by atoms with Crippen LogP contribution < -0.4 is 0 Å². The summed E-state index contributed by atoms with van der Waals surface area (Å²) in [6.45, 7) is 4.36. The molecule has 2 rings (SSSR count). The van der Waals surface area contributed by atoms with Crippen LogP contribution in [0.25, 0.3) is 11.0 Å². The highest BCUT2D eigenvalue weighted by molar-refractivity contribution is 7.99. The van der Waals surface area contributed by atoms with Crippen LogP contribution in [0, 0.1) is 11.3 Å². The van der Waals surface area contributed by atoms with Gasteiger partial charge >= 0.3 is 0 Å². The molecule has 0 saturated heterocycles. The smallest absolute Gasteiger partial charge is 0.125 e. The highest BCUT2D eigenvalue weighted by Gasteiger charge is 2.15. The first-order chi connectivity index (χ1) is 9.71. The van der Waals surface area contributed by atoms with E-state index in [9.17, 15) is 0 Å². The summed E-state index contributed by atoms with van der Waals surface area (Å²) in [6, 6.07) is 8.12. The number of fused-ring (bicyclic) bond motifs is 1. The van der Waals surface area contributed by atoms with Crippen LogP contribution in [0.3, 0.4) is 0 Å². The molecule has 2 aromatic rings. The van der Waals surface area contributed by atoms with Crippen LogP contribution in [0.15, 0.2) is 18.2 Å². The van der Waals surface area contributed by atoms with Crippen LogP contribution in [-0.4, -0.2) is 21.1 Å². The van der Waals surface area contributed by atoms with Crippen molar-refractivity contribution in [2.24, 2.45) is 0 Å². The number of hydrogen-bond acceptors (Lipinski definition) is 3. The van der Waals surface area contributed by atoms with Crippen LogP contribution in [0.1, 0.15) is 37.7 Å². The molecule has 0 bridgehead atoms. The minimum atomic E-state index is 0.335. The third kappa shape index (κ3) is 3.11. The van der Waals surface area contributed by atoms with E-state index in [1.807, 2.05) is 23.9 Å². The van der Waals surface area contributed by atoms with Gasteiger partial charge in [-0.1, -0.05) is 6.92 Å². The molecule has 0 radical (unpaired) electrons. The Morgan fingerprint density at radius 3 is 2.95 bits per heavy atom. The molecule has 1 aromatic heterocycles. The van der Waals surface area contributed by atoms with Crippen molar-refractivity contribution in [3.8, 4) is 6.07 Å². The van der Waals surface area contributed by atoms with E-state index in [1.54, 1.807) is 6.07 Å². The van der Waals surface area contributed by atoms with E-state index < -0.39 is 0 Å². The molecule has 0 aliphatic carbocycles. The SMILES string of the molecule is CCSCCC(C)n1c(CCl)nc2ccc(C#N)cc21. The minimum Gasteiger partial charge on any atom is -0.324 e. The zero-order valence-electron chi connectivity index (χ0n) is 11.8. The summed E-state index contributed by atoms with van der Waals surface area (Å²) >= 11 is 7.97. The maximum absolute atomic E-state index is 9.05. The fourth-order valence-corrected chi connectivity index (χ4v) is 3.31. The summed E-state index contributed by atoms with van der Waals surface area (Å²) in [5.74, 6) is 3.53. The number of alkyl halides is 1. The molecule has 106 valence electrons. The van der Waals surface area contributed by atoms with Crippen LogP contribution in [-0.2, 0) is 5.88 Å². The quantitative estimate of drug-likeness (QED) is 0.588. The predicted octanol–water partition coefficient (Wildman–Crippen LogP) is 4.35. The number of halogens is 1. The van der Waals surface area contributed by atoms with Gasteiger partial charge < -0.3 is 4.57 Å². The molecule has 1 aromatic carbocycles. The number of nitriles is 1. The van der Waals surface area contributed by atoms with Crippen molar-refractivity contribution in [1.82, 2.24) is 9.55 Å². The fraction of sp³-hybridized carbons (Fsp3) is 0.467. The second-order valence-corrected chi connectivity index (χ2v) is 6.34. The molecule has 1 atom stereocenters. The van der Waals surface area contributed by atoms with Crippen molar-refractivity contribution in [3.05, 3.63) is 29.6 Å². The number of imidazole rings is 1. The Bertz CT molecular complexity index is 630. The third-order valence-corrected chi connectivity index (χ3v) is 4.51. The standard InChI is InChI=1S/C15H18ClN3S/c1-3-20-7-6-11(2)19-14-8-12(10-17)4-5-13(14)18-15(19)9-16/h4-5,8,11H,3,6-7,9H2,1-2H3. The van der Waals surface area contributed by atoms with Gasteiger partial charge in [-0.2, -0.15) is 17.0 Å². The van der Waals surface area contributed by atoms with E-state index in [2.05, 4.69) is 29.5 Å². The number of nitrogens with zero attached hydrogens (tertiary/aromatic N) is 3. The molecular weight excluding hydrogens is 290 g/mol. The summed E-state index contributed by atoms with van der Waals surface area (Å²) in [5, 5.41) is 9.05. The Hall–Kier alpha value is -1.18. The summed E-state index contributed by atoms with van der Waals surface area (Å²) < 4.78 is 2.18. The normalized spacial score (nSPS) is 12.5. The van der Waals surface area contributed by atoms with E-state index in [-0.39, 0.29) is 0 Å². The second-order valence-electron chi connectivity index (χ2n) is 4.68. The molecule has 0 aliphatic rings. The maximum Gasteiger partial charge on any atom is 0.125 e. The maximum atomic E-state index is 9.05. The van der Waals surface area contributed by atoms with Gasteiger partial charge in [0.15, 0.2) is 0 Å². The summed E-state index contributed by atoms with van der Waals surface area (Å²) in [5.41, 5.74) is 2.58. The van der Waals surface area contributed by atoms with Gasteiger partial charge in [0, 0.05) is 6.04 Å². The molecule has 0 fully saturated rings. The number of rotatable bonds is 6. The zero-order chi connectivity index (χ0) is 14.5. The van der Waals surface area contributed by atoms with Gasteiger partial charge in [0.2, 0.25) is 0 Å². The third-order valence-electron chi connectivity index (χ3n) is 3.34. The van der Waals surface area contributed by atoms with Crippen LogP contribution >= 0.6 is 23.4 Å². The lowest BCUT2D eigenvalue weighted by molar-refractivity contribution is 0.534. The molecule has 1 unspecified atom stereocenters. The Kier molecular flexibility index (Phi) is 5.33. The number of benzene rings is 1. The first kappa shape index (κ1) is 15.2. The van der Waals surface area contributed by atoms with Crippen LogP contribution in [0.2, 0.25) is 0 Å². The molecular formula is C15H18ClN3S. The Balaban J connectivity index is 2.40. The van der Waals surface area contributed by atoms with Gasteiger partial charge in [-0.15, -0.1) is 11.6 Å². The van der Waals surface area contributed by atoms with Crippen molar-refractivity contribution in [2.45, 2.75) is 32.2 Å². The van der Waals surface area contributed by atoms with Gasteiger partial charge in [-0.05, 0) is 43.0 Å². The number of aromatic nitrogens is 2.